The lowest BCUT2D eigenvalue weighted by Gasteiger charge is -2.20. The van der Waals surface area contributed by atoms with Crippen molar-refractivity contribution >= 4 is 11.6 Å². The highest BCUT2D eigenvalue weighted by atomic mass is 16.5. The molecule has 0 atom stereocenters. The van der Waals surface area contributed by atoms with Crippen molar-refractivity contribution in [2.75, 3.05) is 11.9 Å². The molecule has 4 heteroatoms. The van der Waals surface area contributed by atoms with Gasteiger partial charge in [-0.2, -0.15) is 0 Å². The fraction of sp³-hybridized carbons (Fsp3) is 0.316. The number of carbonyl (C=O) groups excluding carboxylic acids is 1. The van der Waals surface area contributed by atoms with E-state index in [-0.39, 0.29) is 17.9 Å². The second-order valence-corrected chi connectivity index (χ2v) is 6.73. The molecular weight excluding hydrogens is 290 g/mol. The van der Waals surface area contributed by atoms with Gasteiger partial charge in [-0.25, -0.2) is 0 Å². The summed E-state index contributed by atoms with van der Waals surface area (Å²) in [5, 5.41) is 2.78. The summed E-state index contributed by atoms with van der Waals surface area (Å²) in [6, 6.07) is 13.9. The molecule has 0 aromatic heterocycles. The lowest BCUT2D eigenvalue weighted by atomic mass is 9.87. The first-order valence-electron chi connectivity index (χ1n) is 7.71. The Labute approximate surface area is 136 Å². The maximum atomic E-state index is 11.4. The number of hydrogen-bond donors (Lipinski definition) is 1. The van der Waals surface area contributed by atoms with Crippen molar-refractivity contribution in [3.05, 3.63) is 53.6 Å². The first kappa shape index (κ1) is 15.4. The first-order valence-corrected chi connectivity index (χ1v) is 7.71. The van der Waals surface area contributed by atoms with Crippen LogP contribution in [0.4, 0.5) is 5.69 Å². The van der Waals surface area contributed by atoms with Gasteiger partial charge in [-0.1, -0.05) is 45.0 Å². The molecule has 4 nitrogen and oxygen atoms in total. The molecule has 2 aromatic rings. The van der Waals surface area contributed by atoms with Crippen LogP contribution in [0.15, 0.2) is 42.5 Å². The monoisotopic (exact) mass is 311 g/mol. The van der Waals surface area contributed by atoms with E-state index in [4.69, 9.17) is 9.47 Å². The molecule has 0 fully saturated rings. The van der Waals surface area contributed by atoms with Crippen molar-refractivity contribution in [2.24, 2.45) is 0 Å². The van der Waals surface area contributed by atoms with Gasteiger partial charge in [-0.05, 0) is 28.7 Å². The van der Waals surface area contributed by atoms with Crippen LogP contribution in [0.1, 0.15) is 31.9 Å². The Morgan fingerprint density at radius 2 is 1.87 bits per heavy atom. The van der Waals surface area contributed by atoms with Crippen LogP contribution < -0.4 is 14.8 Å². The van der Waals surface area contributed by atoms with Gasteiger partial charge in [0.05, 0.1) is 5.69 Å². The minimum atomic E-state index is -0.146. The van der Waals surface area contributed by atoms with Gasteiger partial charge in [0.15, 0.2) is 6.61 Å². The summed E-state index contributed by atoms with van der Waals surface area (Å²) in [7, 11) is 0. The predicted molar refractivity (Wildman–Crippen MR) is 90.0 cm³/mol. The molecule has 0 aliphatic carbocycles. The third kappa shape index (κ3) is 3.65. The Morgan fingerprint density at radius 1 is 1.13 bits per heavy atom. The van der Waals surface area contributed by atoms with E-state index in [1.54, 1.807) is 6.07 Å². The van der Waals surface area contributed by atoms with Gasteiger partial charge >= 0.3 is 0 Å². The van der Waals surface area contributed by atoms with E-state index in [0.29, 0.717) is 23.8 Å². The van der Waals surface area contributed by atoms with Gasteiger partial charge in [0.25, 0.3) is 5.91 Å². The molecule has 0 spiro atoms. The number of fused-ring (bicyclic) bond motifs is 1. The van der Waals surface area contributed by atoms with Crippen molar-refractivity contribution in [2.45, 2.75) is 32.8 Å². The molecule has 0 saturated heterocycles. The summed E-state index contributed by atoms with van der Waals surface area (Å²) < 4.78 is 11.1. The number of carbonyl (C=O) groups is 1. The van der Waals surface area contributed by atoms with Gasteiger partial charge < -0.3 is 14.8 Å². The Bertz CT molecular complexity index is 714. The summed E-state index contributed by atoms with van der Waals surface area (Å²) in [5.74, 6) is 1.23. The Hall–Kier alpha value is -2.49. The molecule has 2 aromatic carbocycles. The molecule has 23 heavy (non-hydrogen) atoms. The number of nitrogens with one attached hydrogen (secondary N) is 1. The fourth-order valence-corrected chi connectivity index (χ4v) is 2.42. The second-order valence-electron chi connectivity index (χ2n) is 6.73. The fourth-order valence-electron chi connectivity index (χ4n) is 2.42. The van der Waals surface area contributed by atoms with E-state index < -0.39 is 0 Å². The third-order valence-corrected chi connectivity index (χ3v) is 3.81. The minimum Gasteiger partial charge on any atom is -0.489 e. The second kappa shape index (κ2) is 5.95. The van der Waals surface area contributed by atoms with E-state index in [1.807, 2.05) is 12.1 Å². The number of amides is 1. The van der Waals surface area contributed by atoms with Gasteiger partial charge in [-0.3, -0.25) is 4.79 Å². The van der Waals surface area contributed by atoms with Gasteiger partial charge in [0.2, 0.25) is 0 Å². The van der Waals surface area contributed by atoms with E-state index >= 15 is 0 Å². The van der Waals surface area contributed by atoms with Crippen LogP contribution in [0.2, 0.25) is 0 Å². The Balaban J connectivity index is 1.67. The Kier molecular flexibility index (Phi) is 3.99. The normalized spacial score (nSPS) is 13.8. The quantitative estimate of drug-likeness (QED) is 0.935. The molecule has 0 bridgehead atoms. The van der Waals surface area contributed by atoms with Crippen LogP contribution in [-0.2, 0) is 16.8 Å². The van der Waals surface area contributed by atoms with E-state index in [2.05, 4.69) is 50.4 Å². The number of benzene rings is 2. The van der Waals surface area contributed by atoms with E-state index in [1.165, 1.54) is 5.56 Å². The summed E-state index contributed by atoms with van der Waals surface area (Å²) >= 11 is 0. The summed E-state index contributed by atoms with van der Waals surface area (Å²) in [6.07, 6.45) is 0. The summed E-state index contributed by atoms with van der Waals surface area (Å²) in [6.45, 7) is 7.14. The van der Waals surface area contributed by atoms with Gasteiger partial charge in [0, 0.05) is 6.07 Å². The molecule has 0 radical (unpaired) electrons. The van der Waals surface area contributed by atoms with Crippen LogP contribution in [0, 0.1) is 0 Å². The maximum Gasteiger partial charge on any atom is 0.262 e. The van der Waals surface area contributed by atoms with Crippen LogP contribution in [0.25, 0.3) is 0 Å². The van der Waals surface area contributed by atoms with Gasteiger partial charge in [-0.15, -0.1) is 0 Å². The zero-order valence-electron chi connectivity index (χ0n) is 13.7. The molecule has 0 unspecified atom stereocenters. The molecule has 1 heterocycles. The molecule has 1 aliphatic rings. The number of ether oxygens (including phenoxy) is 2. The highest BCUT2D eigenvalue weighted by Crippen LogP contribution is 2.31. The molecular formula is C19H21NO3. The van der Waals surface area contributed by atoms with Crippen LogP contribution >= 0.6 is 0 Å². The van der Waals surface area contributed by atoms with Crippen LogP contribution in [0.5, 0.6) is 11.5 Å². The molecule has 1 N–H and O–H groups in total. The molecule has 1 amide bonds. The zero-order valence-corrected chi connectivity index (χ0v) is 13.7. The topological polar surface area (TPSA) is 47.6 Å². The largest absolute Gasteiger partial charge is 0.489 e. The summed E-state index contributed by atoms with van der Waals surface area (Å²) in [5.41, 5.74) is 3.21. The lowest BCUT2D eigenvalue weighted by Crippen LogP contribution is -2.25. The predicted octanol–water partition coefficient (Wildman–Crippen LogP) is 3.89. The molecule has 0 saturated carbocycles. The van der Waals surface area contributed by atoms with Crippen molar-refractivity contribution in [1.82, 2.24) is 0 Å². The van der Waals surface area contributed by atoms with Crippen LogP contribution in [-0.4, -0.2) is 12.5 Å². The van der Waals surface area contributed by atoms with Crippen molar-refractivity contribution in [3.63, 3.8) is 0 Å². The lowest BCUT2D eigenvalue weighted by molar-refractivity contribution is -0.118. The first-order chi connectivity index (χ1) is 10.9. The average Bonchev–Trinajstić information content (AvgIpc) is 2.52. The molecule has 1 aliphatic heterocycles. The maximum absolute atomic E-state index is 11.4. The summed E-state index contributed by atoms with van der Waals surface area (Å²) in [4.78, 5) is 11.4. The van der Waals surface area contributed by atoms with Crippen molar-refractivity contribution in [3.8, 4) is 11.5 Å². The molecule has 120 valence electrons. The van der Waals surface area contributed by atoms with E-state index in [9.17, 15) is 4.79 Å². The van der Waals surface area contributed by atoms with Crippen molar-refractivity contribution < 1.29 is 14.3 Å². The average molecular weight is 311 g/mol. The third-order valence-electron chi connectivity index (χ3n) is 3.81. The Morgan fingerprint density at radius 3 is 2.57 bits per heavy atom. The van der Waals surface area contributed by atoms with E-state index in [0.717, 1.165) is 5.56 Å². The standard InChI is InChI=1S/C19H21NO3/c1-19(2,3)14-6-4-13(5-7-14)11-22-15-8-9-17-16(10-15)20-18(21)12-23-17/h4-10H,11-12H2,1-3H3,(H,20,21). The SMILES string of the molecule is CC(C)(C)c1ccc(COc2ccc3c(c2)NC(=O)CO3)cc1. The zero-order chi connectivity index (χ0) is 16.4. The highest BCUT2D eigenvalue weighted by Gasteiger charge is 2.16. The smallest absolute Gasteiger partial charge is 0.262 e. The molecule has 3 rings (SSSR count). The van der Waals surface area contributed by atoms with Crippen molar-refractivity contribution in [1.29, 1.82) is 0 Å². The number of anilines is 1. The van der Waals surface area contributed by atoms with Crippen LogP contribution in [0.3, 0.4) is 0 Å². The number of hydrogen-bond acceptors (Lipinski definition) is 3. The number of rotatable bonds is 3. The minimum absolute atomic E-state index is 0.0628. The highest BCUT2D eigenvalue weighted by molar-refractivity contribution is 5.95. The van der Waals surface area contributed by atoms with Gasteiger partial charge in [0.1, 0.15) is 18.1 Å².